The number of furan rings is 2. The van der Waals surface area contributed by atoms with Gasteiger partial charge in [-0.2, -0.15) is 0 Å². The second-order valence-corrected chi connectivity index (χ2v) is 12.3. The van der Waals surface area contributed by atoms with Gasteiger partial charge < -0.3 is 18.0 Å². The quantitative estimate of drug-likeness (QED) is 0.197. The Kier molecular flexibility index (Phi) is 4.69. The van der Waals surface area contributed by atoms with Crippen molar-refractivity contribution < 1.29 is 8.83 Å². The Labute approximate surface area is 266 Å². The minimum absolute atomic E-state index is 0.605. The molecule has 0 amide bonds. The highest BCUT2D eigenvalue weighted by Gasteiger charge is 2.21. The van der Waals surface area contributed by atoms with Crippen LogP contribution in [0.15, 0.2) is 136 Å². The largest absolute Gasteiger partial charge is 0.437 e. The highest BCUT2D eigenvalue weighted by atomic mass is 16.4. The van der Waals surface area contributed by atoms with Gasteiger partial charge in [0.05, 0.1) is 56.6 Å². The lowest BCUT2D eigenvalue weighted by molar-refractivity contribution is 0.636. The first-order valence-electron chi connectivity index (χ1n) is 15.7. The molecule has 6 heteroatoms. The number of benzene rings is 5. The van der Waals surface area contributed by atoms with Gasteiger partial charge in [-0.3, -0.25) is 0 Å². The monoisotopic (exact) mass is 604 g/mol. The summed E-state index contributed by atoms with van der Waals surface area (Å²) in [7, 11) is 0. The van der Waals surface area contributed by atoms with Gasteiger partial charge in [0.2, 0.25) is 11.4 Å². The summed E-state index contributed by atoms with van der Waals surface area (Å²) in [6, 6.07) is 40.7. The molecule has 0 bridgehead atoms. The number of nitrogens with zero attached hydrogens (tertiary/aromatic N) is 4. The summed E-state index contributed by atoms with van der Waals surface area (Å²) < 4.78 is 17.4. The van der Waals surface area contributed by atoms with Gasteiger partial charge in [-0.15, -0.1) is 0 Å². The van der Waals surface area contributed by atoms with Crippen LogP contribution in [0.25, 0.3) is 99.1 Å². The van der Waals surface area contributed by atoms with E-state index < -0.39 is 0 Å². The van der Waals surface area contributed by atoms with E-state index in [4.69, 9.17) is 18.8 Å². The first-order valence-corrected chi connectivity index (χ1v) is 15.7. The van der Waals surface area contributed by atoms with Gasteiger partial charge in [-0.1, -0.05) is 72.8 Å². The Balaban J connectivity index is 1.18. The lowest BCUT2D eigenvalue weighted by Gasteiger charge is -2.07. The Morgan fingerprint density at radius 2 is 0.787 bits per heavy atom. The smallest absolute Gasteiger partial charge is 0.227 e. The fraction of sp³-hybridized carbons (Fsp3) is 0.0244. The van der Waals surface area contributed by atoms with E-state index in [0.29, 0.717) is 11.4 Å². The third-order valence-electron chi connectivity index (χ3n) is 9.79. The third-order valence-corrected chi connectivity index (χ3v) is 9.79. The molecule has 0 saturated heterocycles. The molecule has 0 spiro atoms. The number of aryl methyl sites for hydroxylation is 1. The molecule has 0 unspecified atom stereocenters. The number of fused-ring (bicyclic) bond motifs is 12. The zero-order valence-electron chi connectivity index (χ0n) is 25.2. The van der Waals surface area contributed by atoms with Crippen LogP contribution in [-0.4, -0.2) is 19.1 Å². The van der Waals surface area contributed by atoms with Crippen molar-refractivity contribution in [3.8, 4) is 11.4 Å². The van der Waals surface area contributed by atoms with E-state index in [0.717, 1.165) is 71.7 Å². The van der Waals surface area contributed by atoms with Gasteiger partial charge in [0.1, 0.15) is 11.2 Å². The van der Waals surface area contributed by atoms with Crippen LogP contribution in [0.5, 0.6) is 0 Å². The zero-order valence-corrected chi connectivity index (χ0v) is 25.2. The molecule has 6 aromatic heterocycles. The summed E-state index contributed by atoms with van der Waals surface area (Å²) in [6.07, 6.45) is 3.81. The molecule has 0 aliphatic heterocycles. The van der Waals surface area contributed by atoms with Crippen molar-refractivity contribution in [1.29, 1.82) is 0 Å². The number of rotatable bonds is 2. The molecular formula is C41H24N4O2. The minimum Gasteiger partial charge on any atom is -0.437 e. The first-order chi connectivity index (χ1) is 23.2. The first kappa shape index (κ1) is 24.9. The van der Waals surface area contributed by atoms with Crippen molar-refractivity contribution in [3.63, 3.8) is 0 Å². The normalized spacial score (nSPS) is 12.4. The average molecular weight is 605 g/mol. The van der Waals surface area contributed by atoms with Crippen LogP contribution < -0.4 is 0 Å². The van der Waals surface area contributed by atoms with Crippen LogP contribution in [-0.2, 0) is 0 Å². The Morgan fingerprint density at radius 3 is 1.17 bits per heavy atom. The number of aromatic nitrogens is 4. The van der Waals surface area contributed by atoms with E-state index in [1.165, 1.54) is 21.5 Å². The molecular weight excluding hydrogens is 580 g/mol. The summed E-state index contributed by atoms with van der Waals surface area (Å²) in [6.45, 7) is 2.05. The molecule has 220 valence electrons. The highest BCUT2D eigenvalue weighted by molar-refractivity contribution is 6.17. The number of hydrogen-bond acceptors (Lipinski definition) is 4. The predicted octanol–water partition coefficient (Wildman–Crippen LogP) is 10.8. The molecule has 47 heavy (non-hydrogen) atoms. The standard InChI is InChI=1S/C41H24N4O2/c1-23-38-30(32-18-24(21-42-40(32)46-38)44-34-14-6-2-10-26(34)27-11-3-7-15-35(27)44)20-31-33-19-25(22-43-41(33)47-39(23)31)45-36-16-8-4-12-28(36)29-13-5-9-17-37(29)45/h2-22H,1H3. The molecule has 11 rings (SSSR count). The van der Waals surface area contributed by atoms with Crippen LogP contribution in [0.3, 0.4) is 0 Å². The lowest BCUT2D eigenvalue weighted by atomic mass is 10.1. The van der Waals surface area contributed by atoms with Gasteiger partial charge in [0.25, 0.3) is 0 Å². The van der Waals surface area contributed by atoms with Crippen LogP contribution in [0.1, 0.15) is 5.56 Å². The van der Waals surface area contributed by atoms with Gasteiger partial charge in [-0.25, -0.2) is 9.97 Å². The van der Waals surface area contributed by atoms with E-state index >= 15 is 0 Å². The van der Waals surface area contributed by atoms with Crippen LogP contribution >= 0.6 is 0 Å². The van der Waals surface area contributed by atoms with Crippen LogP contribution in [0.4, 0.5) is 0 Å². The van der Waals surface area contributed by atoms with Gasteiger partial charge in [0, 0.05) is 37.9 Å². The predicted molar refractivity (Wildman–Crippen MR) is 190 cm³/mol. The molecule has 11 aromatic rings. The van der Waals surface area contributed by atoms with E-state index in [2.05, 4.69) is 131 Å². The highest BCUT2D eigenvalue weighted by Crippen LogP contribution is 2.41. The molecule has 6 nitrogen and oxygen atoms in total. The Morgan fingerprint density at radius 1 is 0.426 bits per heavy atom. The lowest BCUT2D eigenvalue weighted by Crippen LogP contribution is -1.94. The van der Waals surface area contributed by atoms with Crippen molar-refractivity contribution in [2.24, 2.45) is 0 Å². The van der Waals surface area contributed by atoms with Crippen molar-refractivity contribution in [2.45, 2.75) is 6.92 Å². The summed E-state index contributed by atoms with van der Waals surface area (Å²) in [5.74, 6) is 0. The maximum absolute atomic E-state index is 6.41. The second kappa shape index (κ2) is 8.86. The maximum Gasteiger partial charge on any atom is 0.227 e. The van der Waals surface area contributed by atoms with Gasteiger partial charge in [0.15, 0.2) is 0 Å². The molecule has 0 aliphatic carbocycles. The van der Waals surface area contributed by atoms with E-state index in [9.17, 15) is 0 Å². The van der Waals surface area contributed by atoms with Gasteiger partial charge >= 0.3 is 0 Å². The Hall–Kier alpha value is -6.40. The topological polar surface area (TPSA) is 61.9 Å². The van der Waals surface area contributed by atoms with Crippen molar-refractivity contribution in [3.05, 3.63) is 133 Å². The molecule has 0 fully saturated rings. The summed E-state index contributed by atoms with van der Waals surface area (Å²) >= 11 is 0. The van der Waals surface area contributed by atoms with E-state index in [1.807, 2.05) is 12.4 Å². The SMILES string of the molecule is Cc1c2oc3ncc(-n4c5ccccc5c5ccccc54)cc3c2cc2c1oc1ncc(-n3c4ccccc4c4ccccc43)cc12. The number of hydrogen-bond donors (Lipinski definition) is 0. The molecule has 6 heterocycles. The number of pyridine rings is 2. The van der Waals surface area contributed by atoms with E-state index in [-0.39, 0.29) is 0 Å². The van der Waals surface area contributed by atoms with Crippen molar-refractivity contribution in [2.75, 3.05) is 0 Å². The van der Waals surface area contributed by atoms with E-state index in [1.54, 1.807) is 0 Å². The fourth-order valence-electron chi connectivity index (χ4n) is 7.72. The third kappa shape index (κ3) is 3.23. The summed E-state index contributed by atoms with van der Waals surface area (Å²) in [5.41, 5.74) is 10.3. The van der Waals surface area contributed by atoms with Crippen LogP contribution in [0, 0.1) is 6.92 Å². The molecule has 5 aromatic carbocycles. The van der Waals surface area contributed by atoms with Crippen molar-refractivity contribution >= 4 is 87.7 Å². The molecule has 0 saturated carbocycles. The Bertz CT molecular complexity index is 2790. The van der Waals surface area contributed by atoms with Crippen LogP contribution in [0.2, 0.25) is 0 Å². The molecule has 0 N–H and O–H groups in total. The average Bonchev–Trinajstić information content (AvgIpc) is 3.86. The minimum atomic E-state index is 0.605. The maximum atomic E-state index is 6.41. The molecule has 0 atom stereocenters. The summed E-state index contributed by atoms with van der Waals surface area (Å²) in [4.78, 5) is 9.68. The molecule has 0 radical (unpaired) electrons. The summed E-state index contributed by atoms with van der Waals surface area (Å²) in [5, 5.41) is 8.80. The molecule has 0 aliphatic rings. The zero-order chi connectivity index (χ0) is 30.8. The van der Waals surface area contributed by atoms with Gasteiger partial charge in [-0.05, 0) is 49.4 Å². The van der Waals surface area contributed by atoms with Crippen molar-refractivity contribution in [1.82, 2.24) is 19.1 Å². The number of para-hydroxylation sites is 4. The second-order valence-electron chi connectivity index (χ2n) is 12.3. The fourth-order valence-corrected chi connectivity index (χ4v) is 7.72.